The third kappa shape index (κ3) is 4.48. The minimum atomic E-state index is 0.0704. The summed E-state index contributed by atoms with van der Waals surface area (Å²) in [5.41, 5.74) is 4.27. The molecular formula is C27H44P2S. The molecule has 5 rings (SSSR count). The average molecular weight is 463 g/mol. The molecule has 0 bridgehead atoms. The van der Waals surface area contributed by atoms with Crippen LogP contribution >= 0.6 is 27.2 Å². The number of hydrogen-bond donors (Lipinski definition) is 0. The minimum absolute atomic E-state index is 0.0704. The summed E-state index contributed by atoms with van der Waals surface area (Å²) in [5.74, 6) is 0.732. The zero-order chi connectivity index (χ0) is 20.5. The fraction of sp³-hybridized carbons (Fsp3) is 0.852. The molecule has 1 aromatic rings. The summed E-state index contributed by atoms with van der Waals surface area (Å²) in [6, 6.07) is 0. The second kappa shape index (κ2) is 10.2. The Hall–Kier alpha value is 0.560. The molecule has 4 aliphatic rings. The molecule has 0 amide bonds. The maximum Gasteiger partial charge on any atom is 0.0154 e. The highest BCUT2D eigenvalue weighted by molar-refractivity contribution is 7.74. The molecule has 0 aromatic carbocycles. The Kier molecular flexibility index (Phi) is 7.62. The lowest BCUT2D eigenvalue weighted by atomic mass is 10.2. The second-order valence-electron chi connectivity index (χ2n) is 11.1. The van der Waals surface area contributed by atoms with Gasteiger partial charge in [0.25, 0.3) is 0 Å². The Morgan fingerprint density at radius 1 is 0.633 bits per heavy atom. The fourth-order valence-corrected chi connectivity index (χ4v) is 17.7. The maximum atomic E-state index is 2.77. The van der Waals surface area contributed by atoms with E-state index in [1.807, 2.05) is 15.5 Å². The molecule has 3 heteroatoms. The number of rotatable bonds is 7. The van der Waals surface area contributed by atoms with Gasteiger partial charge in [0.2, 0.25) is 0 Å². The van der Waals surface area contributed by atoms with Crippen molar-refractivity contribution >= 4 is 37.8 Å². The van der Waals surface area contributed by atoms with Crippen molar-refractivity contribution < 1.29 is 0 Å². The molecule has 0 N–H and O–H groups in total. The first-order chi connectivity index (χ1) is 14.7. The predicted molar refractivity (Wildman–Crippen MR) is 141 cm³/mol. The van der Waals surface area contributed by atoms with E-state index in [-0.39, 0.29) is 15.8 Å². The van der Waals surface area contributed by atoms with Crippen LogP contribution in [0.25, 0.3) is 0 Å². The molecule has 0 aliphatic heterocycles. The first kappa shape index (κ1) is 22.4. The molecule has 0 spiro atoms. The quantitative estimate of drug-likeness (QED) is 0.355. The topological polar surface area (TPSA) is 0 Å². The summed E-state index contributed by atoms with van der Waals surface area (Å²) in [5, 5.41) is 6.82. The van der Waals surface area contributed by atoms with Crippen LogP contribution < -0.4 is 10.6 Å². The summed E-state index contributed by atoms with van der Waals surface area (Å²) in [4.78, 5) is 1.85. The molecular weight excluding hydrogens is 418 g/mol. The fourth-order valence-electron chi connectivity index (χ4n) is 7.29. The lowest BCUT2D eigenvalue weighted by Gasteiger charge is -2.37. The van der Waals surface area contributed by atoms with Gasteiger partial charge in [-0.05, 0) is 95.9 Å². The van der Waals surface area contributed by atoms with Gasteiger partial charge in [0.1, 0.15) is 0 Å². The second-order valence-corrected chi connectivity index (χ2v) is 17.4. The van der Waals surface area contributed by atoms with Crippen LogP contribution in [-0.4, -0.2) is 22.6 Å². The van der Waals surface area contributed by atoms with Crippen molar-refractivity contribution in [2.75, 3.05) is 0 Å². The van der Waals surface area contributed by atoms with Crippen molar-refractivity contribution in [3.8, 4) is 0 Å². The molecule has 30 heavy (non-hydrogen) atoms. The largest absolute Gasteiger partial charge is 0.147 e. The summed E-state index contributed by atoms with van der Waals surface area (Å²) in [6.07, 6.45) is 24.6. The monoisotopic (exact) mass is 462 g/mol. The molecule has 0 radical (unpaired) electrons. The van der Waals surface area contributed by atoms with Crippen molar-refractivity contribution in [3.63, 3.8) is 0 Å². The lowest BCUT2D eigenvalue weighted by Crippen LogP contribution is -2.33. The first-order valence-corrected chi connectivity index (χ1v) is 17.3. The van der Waals surface area contributed by atoms with Gasteiger partial charge in [0.15, 0.2) is 0 Å². The average Bonchev–Trinajstić information content (AvgIpc) is 3.54. The third-order valence-electron chi connectivity index (χ3n) is 8.71. The Morgan fingerprint density at radius 2 is 1.00 bits per heavy atom. The van der Waals surface area contributed by atoms with Crippen LogP contribution in [0.5, 0.6) is 0 Å². The van der Waals surface area contributed by atoms with Crippen LogP contribution in [0, 0.1) is 0 Å². The molecule has 1 heterocycles. The van der Waals surface area contributed by atoms with Crippen LogP contribution in [0.1, 0.15) is 127 Å². The van der Waals surface area contributed by atoms with Crippen LogP contribution in [0.2, 0.25) is 0 Å². The molecule has 4 fully saturated rings. The molecule has 4 aliphatic carbocycles. The van der Waals surface area contributed by atoms with Crippen molar-refractivity contribution in [3.05, 3.63) is 10.3 Å². The molecule has 0 nitrogen and oxygen atoms in total. The van der Waals surface area contributed by atoms with E-state index in [1.54, 1.807) is 51.4 Å². The van der Waals surface area contributed by atoms with Gasteiger partial charge in [-0.1, -0.05) is 81.1 Å². The van der Waals surface area contributed by atoms with E-state index in [4.69, 9.17) is 0 Å². The first-order valence-electron chi connectivity index (χ1n) is 13.4. The van der Waals surface area contributed by atoms with Gasteiger partial charge in [-0.2, -0.15) is 0 Å². The SMILES string of the molecule is CC(C)c1scc(P(C2CCCC2)C2CCCC2)c1P(C1CCCC1)C1CCCC1. The van der Waals surface area contributed by atoms with E-state index < -0.39 is 0 Å². The van der Waals surface area contributed by atoms with E-state index in [1.165, 1.54) is 51.4 Å². The number of hydrogen-bond acceptors (Lipinski definition) is 1. The summed E-state index contributed by atoms with van der Waals surface area (Å²) < 4.78 is 0. The summed E-state index contributed by atoms with van der Waals surface area (Å²) >= 11 is 2.21. The van der Waals surface area contributed by atoms with Gasteiger partial charge in [-0.3, -0.25) is 0 Å². The highest BCUT2D eigenvalue weighted by Gasteiger charge is 2.41. The van der Waals surface area contributed by atoms with Crippen LogP contribution in [-0.2, 0) is 0 Å². The molecule has 0 unspecified atom stereocenters. The Balaban J connectivity index is 1.59. The minimum Gasteiger partial charge on any atom is -0.147 e. The van der Waals surface area contributed by atoms with E-state index in [0.717, 1.165) is 28.6 Å². The van der Waals surface area contributed by atoms with Crippen molar-refractivity contribution in [1.29, 1.82) is 0 Å². The lowest BCUT2D eigenvalue weighted by molar-refractivity contribution is 0.831. The van der Waals surface area contributed by atoms with Gasteiger partial charge in [0, 0.05) is 4.88 Å². The van der Waals surface area contributed by atoms with E-state index in [9.17, 15) is 0 Å². The van der Waals surface area contributed by atoms with Crippen molar-refractivity contribution in [1.82, 2.24) is 0 Å². The van der Waals surface area contributed by atoms with Crippen molar-refractivity contribution in [2.24, 2.45) is 0 Å². The predicted octanol–water partition coefficient (Wildman–Crippen LogP) is 8.86. The smallest absolute Gasteiger partial charge is 0.0154 e. The molecule has 0 atom stereocenters. The zero-order valence-electron chi connectivity index (χ0n) is 19.6. The zero-order valence-corrected chi connectivity index (χ0v) is 22.2. The molecule has 168 valence electrons. The van der Waals surface area contributed by atoms with E-state index in [2.05, 4.69) is 30.6 Å². The highest BCUT2D eigenvalue weighted by atomic mass is 32.1. The van der Waals surface area contributed by atoms with E-state index >= 15 is 0 Å². The van der Waals surface area contributed by atoms with Crippen LogP contribution in [0.15, 0.2) is 5.38 Å². The van der Waals surface area contributed by atoms with Gasteiger partial charge in [-0.15, -0.1) is 11.3 Å². The molecule has 0 saturated heterocycles. The third-order valence-corrected chi connectivity index (χ3v) is 17.6. The van der Waals surface area contributed by atoms with Crippen LogP contribution in [0.3, 0.4) is 0 Å². The Labute approximate surface area is 192 Å². The Bertz CT molecular complexity index is 639. The van der Waals surface area contributed by atoms with Crippen LogP contribution in [0.4, 0.5) is 0 Å². The van der Waals surface area contributed by atoms with Gasteiger partial charge >= 0.3 is 0 Å². The molecule has 1 aromatic heterocycles. The van der Waals surface area contributed by atoms with E-state index in [0.29, 0.717) is 0 Å². The normalized spacial score (nSPS) is 25.2. The number of thiophene rings is 1. The van der Waals surface area contributed by atoms with Gasteiger partial charge in [0.05, 0.1) is 0 Å². The maximum absolute atomic E-state index is 2.77. The highest BCUT2D eigenvalue weighted by Crippen LogP contribution is 2.62. The van der Waals surface area contributed by atoms with Crippen molar-refractivity contribution in [2.45, 2.75) is 145 Å². The molecule has 4 saturated carbocycles. The summed E-state index contributed by atoms with van der Waals surface area (Å²) in [7, 11) is 0.153. The summed E-state index contributed by atoms with van der Waals surface area (Å²) in [6.45, 7) is 5.01. The Morgan fingerprint density at radius 3 is 1.37 bits per heavy atom. The van der Waals surface area contributed by atoms with Gasteiger partial charge in [-0.25, -0.2) is 0 Å². The van der Waals surface area contributed by atoms with Gasteiger partial charge < -0.3 is 0 Å². The standard InChI is InChI=1S/C27H44P2S/c1-20(2)27-26(29(23-15-7-8-16-23)24-17-9-10-18-24)25(19-30-27)28(21-11-3-4-12-21)22-13-5-6-14-22/h19-24H,3-18H2,1-2H3.